The number of carbonyl (C=O) groups is 1. The van der Waals surface area contributed by atoms with Crippen molar-refractivity contribution in [1.82, 2.24) is 0 Å². The van der Waals surface area contributed by atoms with Crippen molar-refractivity contribution >= 4 is 5.97 Å². The molecule has 1 heterocycles. The molecule has 6 atom stereocenters. The monoisotopic (exact) mass is 845 g/mol. The lowest BCUT2D eigenvalue weighted by Gasteiger charge is -2.39. The predicted molar refractivity (Wildman–Crippen MR) is 247 cm³/mol. The number of hydrogen-bond donors (Lipinski definition) is 4. The molecule has 0 aromatic carbocycles. The number of allylic oxidation sites excluding steroid dienone is 12. The van der Waals surface area contributed by atoms with Crippen LogP contribution in [-0.4, -0.2) is 89.6 Å². The lowest BCUT2D eigenvalue weighted by atomic mass is 9.99. The Morgan fingerprint density at radius 1 is 0.550 bits per heavy atom. The fourth-order valence-corrected chi connectivity index (χ4v) is 6.87. The van der Waals surface area contributed by atoms with E-state index in [1.165, 1.54) is 64.2 Å². The highest BCUT2D eigenvalue weighted by Gasteiger charge is 2.44. The van der Waals surface area contributed by atoms with E-state index >= 15 is 0 Å². The SMILES string of the molecule is CC/C=C\C/C=C\C/C=C\CCCCCCCC(=O)OC(COCCCCCCCCC/C=C\C/C=C\C/C=C\CCCCCCC)COC1OC(CO)C(O)C(O)C1O. The summed E-state index contributed by atoms with van der Waals surface area (Å²) in [6, 6.07) is 0. The van der Waals surface area contributed by atoms with Crippen LogP contribution >= 0.6 is 0 Å². The Morgan fingerprint density at radius 3 is 1.53 bits per heavy atom. The summed E-state index contributed by atoms with van der Waals surface area (Å²) in [4.78, 5) is 12.8. The van der Waals surface area contributed by atoms with Gasteiger partial charge in [-0.25, -0.2) is 0 Å². The molecule has 1 saturated heterocycles. The van der Waals surface area contributed by atoms with E-state index in [0.717, 1.165) is 96.3 Å². The molecule has 0 aromatic heterocycles. The van der Waals surface area contributed by atoms with E-state index < -0.39 is 43.4 Å². The second kappa shape index (κ2) is 42.0. The molecular formula is C51H88O9. The topological polar surface area (TPSA) is 135 Å². The van der Waals surface area contributed by atoms with Crippen molar-refractivity contribution in [1.29, 1.82) is 0 Å². The molecule has 0 saturated carbocycles. The molecule has 1 fully saturated rings. The molecule has 60 heavy (non-hydrogen) atoms. The second-order valence-corrected chi connectivity index (χ2v) is 16.2. The minimum absolute atomic E-state index is 0.127. The molecule has 1 aliphatic heterocycles. The second-order valence-electron chi connectivity index (χ2n) is 16.2. The van der Waals surface area contributed by atoms with Crippen molar-refractivity contribution in [3.63, 3.8) is 0 Å². The van der Waals surface area contributed by atoms with Crippen LogP contribution in [0, 0.1) is 0 Å². The summed E-state index contributed by atoms with van der Waals surface area (Å²) in [5, 5.41) is 40.2. The van der Waals surface area contributed by atoms with Crippen LogP contribution in [0.5, 0.6) is 0 Å². The molecular weight excluding hydrogens is 757 g/mol. The van der Waals surface area contributed by atoms with E-state index in [4.69, 9.17) is 18.9 Å². The number of unbranched alkanes of at least 4 members (excludes halogenated alkanes) is 17. The molecule has 0 radical (unpaired) electrons. The first kappa shape index (κ1) is 55.6. The van der Waals surface area contributed by atoms with E-state index in [-0.39, 0.29) is 19.2 Å². The minimum atomic E-state index is -1.55. The van der Waals surface area contributed by atoms with Crippen molar-refractivity contribution in [2.75, 3.05) is 26.4 Å². The molecule has 0 amide bonds. The molecule has 4 N–H and O–H groups in total. The normalized spacial score (nSPS) is 20.7. The first-order valence-electron chi connectivity index (χ1n) is 24.0. The number of rotatable bonds is 40. The molecule has 6 unspecified atom stereocenters. The Bertz CT molecular complexity index is 1140. The van der Waals surface area contributed by atoms with Crippen molar-refractivity contribution in [2.24, 2.45) is 0 Å². The first-order chi connectivity index (χ1) is 29.4. The summed E-state index contributed by atoms with van der Waals surface area (Å²) >= 11 is 0. The van der Waals surface area contributed by atoms with Gasteiger partial charge < -0.3 is 39.4 Å². The Labute approximate surface area is 366 Å². The smallest absolute Gasteiger partial charge is 0.306 e. The average molecular weight is 845 g/mol. The molecule has 9 nitrogen and oxygen atoms in total. The van der Waals surface area contributed by atoms with Gasteiger partial charge in [0.25, 0.3) is 0 Å². The number of aliphatic hydroxyl groups is 4. The maximum atomic E-state index is 12.8. The first-order valence-corrected chi connectivity index (χ1v) is 24.0. The zero-order valence-electron chi connectivity index (χ0n) is 37.9. The zero-order valence-corrected chi connectivity index (χ0v) is 37.9. The van der Waals surface area contributed by atoms with Crippen molar-refractivity contribution in [3.8, 4) is 0 Å². The van der Waals surface area contributed by atoms with Crippen LogP contribution < -0.4 is 0 Å². The van der Waals surface area contributed by atoms with Gasteiger partial charge in [-0.15, -0.1) is 0 Å². The fourth-order valence-electron chi connectivity index (χ4n) is 6.87. The lowest BCUT2D eigenvalue weighted by Crippen LogP contribution is -2.59. The van der Waals surface area contributed by atoms with Crippen molar-refractivity contribution in [3.05, 3.63) is 72.9 Å². The predicted octanol–water partition coefficient (Wildman–Crippen LogP) is 11.3. The van der Waals surface area contributed by atoms with Gasteiger partial charge in [0.1, 0.15) is 30.5 Å². The Balaban J connectivity index is 2.25. The minimum Gasteiger partial charge on any atom is -0.457 e. The van der Waals surface area contributed by atoms with E-state index in [9.17, 15) is 25.2 Å². The molecule has 9 heteroatoms. The van der Waals surface area contributed by atoms with Crippen LogP contribution in [0.2, 0.25) is 0 Å². The third-order valence-corrected chi connectivity index (χ3v) is 10.6. The van der Waals surface area contributed by atoms with Crippen LogP contribution in [-0.2, 0) is 23.7 Å². The largest absolute Gasteiger partial charge is 0.457 e. The number of hydrogen-bond acceptors (Lipinski definition) is 9. The standard InChI is InChI=1S/C51H88O9/c1-3-5-7-9-11-13-15-17-19-20-21-22-23-24-25-27-29-31-33-35-37-39-41-57-43-45(44-58-51-50(56)49(55)48(54)46(42-52)60-51)59-47(53)40-38-36-34-32-30-28-26-18-16-14-12-10-8-6-4-2/h6,8,12,14-15,17-18,20-21,23-24,26,45-46,48-52,54-56H,3-5,7,9-11,13,16,19,22,25,27-44H2,1-2H3/b8-6-,14-12-,17-15-,21-20-,24-23-,26-18-. The molecule has 1 rings (SSSR count). The summed E-state index contributed by atoms with van der Waals surface area (Å²) in [7, 11) is 0. The summed E-state index contributed by atoms with van der Waals surface area (Å²) in [5.74, 6) is -0.337. The quantitative estimate of drug-likeness (QED) is 0.0270. The van der Waals surface area contributed by atoms with Gasteiger partial charge in [-0.2, -0.15) is 0 Å². The number of carbonyl (C=O) groups excluding carboxylic acids is 1. The van der Waals surface area contributed by atoms with Crippen molar-refractivity contribution < 1.29 is 44.2 Å². The van der Waals surface area contributed by atoms with Gasteiger partial charge in [0, 0.05) is 13.0 Å². The fraction of sp³-hybridized carbons (Fsp3) is 0.745. The van der Waals surface area contributed by atoms with Gasteiger partial charge >= 0.3 is 5.97 Å². The lowest BCUT2D eigenvalue weighted by molar-refractivity contribution is -0.305. The highest BCUT2D eigenvalue weighted by Crippen LogP contribution is 2.22. The van der Waals surface area contributed by atoms with Gasteiger partial charge in [-0.05, 0) is 83.5 Å². The summed E-state index contributed by atoms with van der Waals surface area (Å²) in [6.07, 6.45) is 47.9. The van der Waals surface area contributed by atoms with Gasteiger partial charge in [0.05, 0.1) is 19.8 Å². The van der Waals surface area contributed by atoms with Crippen LogP contribution in [0.3, 0.4) is 0 Å². The third-order valence-electron chi connectivity index (χ3n) is 10.6. The van der Waals surface area contributed by atoms with E-state index in [1.54, 1.807) is 0 Å². The molecule has 0 spiro atoms. The number of aliphatic hydroxyl groups excluding tert-OH is 4. The third kappa shape index (κ3) is 32.4. The molecule has 346 valence electrons. The van der Waals surface area contributed by atoms with Crippen LogP contribution in [0.15, 0.2) is 72.9 Å². The highest BCUT2D eigenvalue weighted by molar-refractivity contribution is 5.69. The van der Waals surface area contributed by atoms with Crippen LogP contribution in [0.1, 0.15) is 181 Å². The van der Waals surface area contributed by atoms with E-state index in [1.807, 2.05) is 0 Å². The average Bonchev–Trinajstić information content (AvgIpc) is 3.25. The van der Waals surface area contributed by atoms with Gasteiger partial charge in [-0.3, -0.25) is 4.79 Å². The van der Waals surface area contributed by atoms with E-state index in [0.29, 0.717) is 13.0 Å². The van der Waals surface area contributed by atoms with E-state index in [2.05, 4.69) is 86.8 Å². The Morgan fingerprint density at radius 2 is 1.02 bits per heavy atom. The Kier molecular flexibility index (Phi) is 38.9. The molecule has 0 bridgehead atoms. The maximum absolute atomic E-state index is 12.8. The summed E-state index contributed by atoms with van der Waals surface area (Å²) in [5.41, 5.74) is 0. The highest BCUT2D eigenvalue weighted by atomic mass is 16.7. The maximum Gasteiger partial charge on any atom is 0.306 e. The number of ether oxygens (including phenoxy) is 4. The summed E-state index contributed by atoms with van der Waals surface area (Å²) < 4.78 is 22.8. The van der Waals surface area contributed by atoms with Crippen LogP contribution in [0.25, 0.3) is 0 Å². The Hall–Kier alpha value is -2.37. The van der Waals surface area contributed by atoms with Crippen molar-refractivity contribution in [2.45, 2.75) is 218 Å². The van der Waals surface area contributed by atoms with Gasteiger partial charge in [-0.1, -0.05) is 164 Å². The van der Waals surface area contributed by atoms with Gasteiger partial charge in [0.2, 0.25) is 0 Å². The molecule has 0 aliphatic carbocycles. The van der Waals surface area contributed by atoms with Crippen LogP contribution in [0.4, 0.5) is 0 Å². The molecule has 1 aliphatic rings. The zero-order chi connectivity index (χ0) is 43.6. The molecule has 0 aromatic rings. The number of esters is 1. The summed E-state index contributed by atoms with van der Waals surface area (Å²) in [6.45, 7) is 4.38. The van der Waals surface area contributed by atoms with Gasteiger partial charge in [0.15, 0.2) is 6.29 Å².